The Morgan fingerprint density at radius 3 is 2.75 bits per heavy atom. The summed E-state index contributed by atoms with van der Waals surface area (Å²) in [6.07, 6.45) is 4.08. The Morgan fingerprint density at radius 1 is 1.62 bits per heavy atom. The molecule has 0 radical (unpaired) electrons. The van der Waals surface area contributed by atoms with Crippen LogP contribution < -0.4 is 5.32 Å². The maximum absolute atomic E-state index is 11.7. The fourth-order valence-electron chi connectivity index (χ4n) is 1.99. The Kier molecular flexibility index (Phi) is 5.49. The zero-order valence-corrected chi connectivity index (χ0v) is 10.2. The molecule has 4 nitrogen and oxygen atoms in total. The zero-order valence-electron chi connectivity index (χ0n) is 10.2. The zero-order chi connectivity index (χ0) is 12.0. The van der Waals surface area contributed by atoms with Crippen molar-refractivity contribution in [3.63, 3.8) is 0 Å². The molecule has 4 heteroatoms. The Bertz CT molecular complexity index is 235. The van der Waals surface area contributed by atoms with Crippen LogP contribution in [0.2, 0.25) is 0 Å². The van der Waals surface area contributed by atoms with Gasteiger partial charge in [0.05, 0.1) is 12.1 Å². The number of amides is 1. The molecule has 0 aliphatic carbocycles. The summed E-state index contributed by atoms with van der Waals surface area (Å²) < 4.78 is 5.30. The number of methoxy groups -OCH3 is 1. The molecule has 16 heavy (non-hydrogen) atoms. The number of ether oxygens (including phenoxy) is 1. The van der Waals surface area contributed by atoms with Gasteiger partial charge in [-0.3, -0.25) is 9.69 Å². The molecule has 1 atom stereocenters. The van der Waals surface area contributed by atoms with Crippen molar-refractivity contribution in [2.45, 2.75) is 31.9 Å². The van der Waals surface area contributed by atoms with Crippen molar-refractivity contribution in [3.05, 3.63) is 12.7 Å². The highest BCUT2D eigenvalue weighted by Crippen LogP contribution is 2.15. The summed E-state index contributed by atoms with van der Waals surface area (Å²) in [6.45, 7) is 7.93. The summed E-state index contributed by atoms with van der Waals surface area (Å²) >= 11 is 0. The van der Waals surface area contributed by atoms with Crippen molar-refractivity contribution in [1.82, 2.24) is 10.2 Å². The minimum absolute atomic E-state index is 0.0576. The second kappa shape index (κ2) is 6.66. The number of piperidine rings is 1. The first kappa shape index (κ1) is 13.2. The largest absolute Gasteiger partial charge is 0.381 e. The molecule has 1 unspecified atom stereocenters. The lowest BCUT2D eigenvalue weighted by molar-refractivity contribution is -0.126. The highest BCUT2D eigenvalue weighted by Gasteiger charge is 2.25. The average Bonchev–Trinajstić information content (AvgIpc) is 2.35. The van der Waals surface area contributed by atoms with Crippen molar-refractivity contribution < 1.29 is 9.53 Å². The maximum atomic E-state index is 11.7. The van der Waals surface area contributed by atoms with Crippen molar-refractivity contribution in [1.29, 1.82) is 0 Å². The van der Waals surface area contributed by atoms with Crippen molar-refractivity contribution in [3.8, 4) is 0 Å². The van der Waals surface area contributed by atoms with Crippen LogP contribution in [0.25, 0.3) is 0 Å². The summed E-state index contributed by atoms with van der Waals surface area (Å²) in [5.41, 5.74) is 0. The smallest absolute Gasteiger partial charge is 0.237 e. The van der Waals surface area contributed by atoms with E-state index in [-0.39, 0.29) is 11.9 Å². The Hall–Kier alpha value is -0.870. The first-order valence-corrected chi connectivity index (χ1v) is 5.84. The quantitative estimate of drug-likeness (QED) is 0.705. The Morgan fingerprint density at radius 2 is 2.25 bits per heavy atom. The Balaban J connectivity index is 2.34. The summed E-state index contributed by atoms with van der Waals surface area (Å²) in [6, 6.07) is -0.0576. The molecule has 0 aromatic rings. The van der Waals surface area contributed by atoms with E-state index < -0.39 is 0 Å². The van der Waals surface area contributed by atoms with Crippen LogP contribution in [0.4, 0.5) is 0 Å². The normalized spacial score (nSPS) is 20.4. The van der Waals surface area contributed by atoms with Crippen molar-refractivity contribution in [2.75, 3.05) is 26.7 Å². The summed E-state index contributed by atoms with van der Waals surface area (Å²) in [5.74, 6) is 0.0794. The minimum atomic E-state index is -0.0576. The molecule has 1 fully saturated rings. The maximum Gasteiger partial charge on any atom is 0.237 e. The molecule has 1 N–H and O–H groups in total. The number of hydrogen-bond acceptors (Lipinski definition) is 3. The third kappa shape index (κ3) is 3.61. The topological polar surface area (TPSA) is 41.6 Å². The van der Waals surface area contributed by atoms with Gasteiger partial charge in [0.2, 0.25) is 5.91 Å². The van der Waals surface area contributed by atoms with Gasteiger partial charge in [-0.25, -0.2) is 0 Å². The number of rotatable bonds is 5. The minimum Gasteiger partial charge on any atom is -0.381 e. The molecule has 0 spiro atoms. The molecular formula is C12H22N2O2. The second-order valence-electron chi connectivity index (χ2n) is 4.18. The predicted octanol–water partition coefficient (Wildman–Crippen LogP) is 0.788. The van der Waals surface area contributed by atoms with E-state index in [9.17, 15) is 4.79 Å². The van der Waals surface area contributed by atoms with Gasteiger partial charge in [0, 0.05) is 26.7 Å². The Labute approximate surface area is 97.6 Å². The van der Waals surface area contributed by atoms with E-state index in [1.807, 2.05) is 6.92 Å². The van der Waals surface area contributed by atoms with Gasteiger partial charge in [-0.05, 0) is 19.8 Å². The van der Waals surface area contributed by atoms with E-state index >= 15 is 0 Å². The molecule has 0 saturated carbocycles. The van der Waals surface area contributed by atoms with Gasteiger partial charge >= 0.3 is 0 Å². The molecule has 1 heterocycles. The predicted molar refractivity (Wildman–Crippen MR) is 64.3 cm³/mol. The number of carbonyl (C=O) groups is 1. The van der Waals surface area contributed by atoms with Crippen LogP contribution in [-0.4, -0.2) is 49.7 Å². The first-order chi connectivity index (χ1) is 7.69. The van der Waals surface area contributed by atoms with Gasteiger partial charge in [-0.2, -0.15) is 0 Å². The van der Waals surface area contributed by atoms with Crippen LogP contribution in [-0.2, 0) is 9.53 Å². The van der Waals surface area contributed by atoms with E-state index in [0.29, 0.717) is 12.6 Å². The van der Waals surface area contributed by atoms with E-state index in [2.05, 4.69) is 16.8 Å². The van der Waals surface area contributed by atoms with Crippen LogP contribution in [0, 0.1) is 0 Å². The van der Waals surface area contributed by atoms with Gasteiger partial charge in [-0.1, -0.05) is 6.08 Å². The SMILES string of the molecule is C=CCNC(=O)C(C)N1CCC(OC)CC1. The third-order valence-electron chi connectivity index (χ3n) is 3.16. The summed E-state index contributed by atoms with van der Waals surface area (Å²) in [4.78, 5) is 13.9. The number of nitrogens with zero attached hydrogens (tertiary/aromatic N) is 1. The molecule has 1 rings (SSSR count). The number of nitrogens with one attached hydrogen (secondary N) is 1. The monoisotopic (exact) mass is 226 g/mol. The van der Waals surface area contributed by atoms with Gasteiger partial charge in [0.1, 0.15) is 0 Å². The van der Waals surface area contributed by atoms with Crippen LogP contribution in [0.15, 0.2) is 12.7 Å². The lowest BCUT2D eigenvalue weighted by Gasteiger charge is -2.34. The van der Waals surface area contributed by atoms with Gasteiger partial charge in [-0.15, -0.1) is 6.58 Å². The number of likely N-dealkylation sites (tertiary alicyclic amines) is 1. The van der Waals surface area contributed by atoms with Crippen LogP contribution in [0.5, 0.6) is 0 Å². The van der Waals surface area contributed by atoms with Gasteiger partial charge < -0.3 is 10.1 Å². The van der Waals surface area contributed by atoms with E-state index in [0.717, 1.165) is 25.9 Å². The van der Waals surface area contributed by atoms with E-state index in [1.54, 1.807) is 13.2 Å². The van der Waals surface area contributed by atoms with Crippen molar-refractivity contribution in [2.24, 2.45) is 0 Å². The lowest BCUT2D eigenvalue weighted by atomic mass is 10.1. The standard InChI is InChI=1S/C12H22N2O2/c1-4-7-13-12(15)10(2)14-8-5-11(16-3)6-9-14/h4,10-11H,1,5-9H2,2-3H3,(H,13,15). The number of hydrogen-bond donors (Lipinski definition) is 1. The molecule has 1 saturated heterocycles. The molecule has 0 bridgehead atoms. The van der Waals surface area contributed by atoms with Crippen LogP contribution in [0.1, 0.15) is 19.8 Å². The third-order valence-corrected chi connectivity index (χ3v) is 3.16. The van der Waals surface area contributed by atoms with E-state index in [4.69, 9.17) is 4.74 Å². The fourth-order valence-corrected chi connectivity index (χ4v) is 1.99. The van der Waals surface area contributed by atoms with Crippen LogP contribution >= 0.6 is 0 Å². The highest BCUT2D eigenvalue weighted by molar-refractivity contribution is 5.81. The van der Waals surface area contributed by atoms with Crippen LogP contribution in [0.3, 0.4) is 0 Å². The summed E-state index contributed by atoms with van der Waals surface area (Å²) in [7, 11) is 1.75. The van der Waals surface area contributed by atoms with Crippen molar-refractivity contribution >= 4 is 5.91 Å². The molecule has 1 aliphatic heterocycles. The number of carbonyl (C=O) groups excluding carboxylic acids is 1. The van der Waals surface area contributed by atoms with E-state index in [1.165, 1.54) is 0 Å². The molecule has 0 aromatic heterocycles. The summed E-state index contributed by atoms with van der Waals surface area (Å²) in [5, 5.41) is 2.82. The second-order valence-corrected chi connectivity index (χ2v) is 4.18. The molecule has 0 aromatic carbocycles. The fraction of sp³-hybridized carbons (Fsp3) is 0.750. The molecular weight excluding hydrogens is 204 g/mol. The molecule has 1 amide bonds. The lowest BCUT2D eigenvalue weighted by Crippen LogP contribution is -2.49. The van der Waals surface area contributed by atoms with Gasteiger partial charge in [0.15, 0.2) is 0 Å². The van der Waals surface area contributed by atoms with Gasteiger partial charge in [0.25, 0.3) is 0 Å². The molecule has 92 valence electrons. The first-order valence-electron chi connectivity index (χ1n) is 5.84. The molecule has 1 aliphatic rings. The average molecular weight is 226 g/mol. The highest BCUT2D eigenvalue weighted by atomic mass is 16.5.